The van der Waals surface area contributed by atoms with E-state index in [1.807, 2.05) is 44.2 Å². The van der Waals surface area contributed by atoms with Crippen molar-refractivity contribution in [3.8, 4) is 0 Å². The van der Waals surface area contributed by atoms with Gasteiger partial charge in [-0.15, -0.1) is 11.8 Å². The highest BCUT2D eigenvalue weighted by Crippen LogP contribution is 2.19. The van der Waals surface area contributed by atoms with Crippen molar-refractivity contribution in [3.05, 3.63) is 60.2 Å². The highest BCUT2D eigenvalue weighted by molar-refractivity contribution is 7.99. The zero-order valence-electron chi connectivity index (χ0n) is 16.4. The molecule has 0 saturated carbocycles. The van der Waals surface area contributed by atoms with Gasteiger partial charge in [-0.3, -0.25) is 4.79 Å². The molecule has 0 bridgehead atoms. The Balaban J connectivity index is 1.91. The van der Waals surface area contributed by atoms with Crippen molar-refractivity contribution in [2.45, 2.75) is 37.3 Å². The van der Waals surface area contributed by atoms with Crippen molar-refractivity contribution in [3.63, 3.8) is 0 Å². The first-order valence-corrected chi connectivity index (χ1v) is 12.1. The molecule has 1 N–H and O–H groups in total. The van der Waals surface area contributed by atoms with E-state index in [4.69, 9.17) is 0 Å². The second-order valence-corrected chi connectivity index (χ2v) is 9.38. The third-order valence-electron chi connectivity index (χ3n) is 4.07. The number of rotatable bonds is 11. The first-order chi connectivity index (χ1) is 13.5. The van der Waals surface area contributed by atoms with Gasteiger partial charge < -0.3 is 5.32 Å². The third-order valence-corrected chi connectivity index (χ3v) is 6.98. The Morgan fingerprint density at radius 3 is 2.14 bits per heavy atom. The monoisotopic (exact) mass is 420 g/mol. The van der Waals surface area contributed by atoms with Crippen LogP contribution in [0, 0.1) is 0 Å². The molecule has 0 unspecified atom stereocenters. The molecule has 2 aromatic carbocycles. The number of nitrogens with zero attached hydrogens (tertiary/aromatic N) is 1. The van der Waals surface area contributed by atoms with E-state index < -0.39 is 10.0 Å². The molecule has 0 spiro atoms. The van der Waals surface area contributed by atoms with E-state index in [0.717, 1.165) is 18.6 Å². The Kier molecular flexibility index (Phi) is 9.02. The number of hydrogen-bond acceptors (Lipinski definition) is 4. The molecule has 0 heterocycles. The molecule has 0 aliphatic rings. The molecule has 0 atom stereocenters. The largest absolute Gasteiger partial charge is 0.325 e. The summed E-state index contributed by atoms with van der Waals surface area (Å²) >= 11 is 1.54. The average Bonchev–Trinajstić information content (AvgIpc) is 2.69. The summed E-state index contributed by atoms with van der Waals surface area (Å²) in [6.45, 7) is 4.94. The fraction of sp³-hybridized carbons (Fsp3) is 0.381. The van der Waals surface area contributed by atoms with Crippen LogP contribution in [0.15, 0.2) is 59.5 Å². The van der Waals surface area contributed by atoms with Crippen LogP contribution in [0.4, 0.5) is 5.69 Å². The van der Waals surface area contributed by atoms with Gasteiger partial charge in [0.05, 0.1) is 10.6 Å². The second kappa shape index (κ2) is 11.2. The number of benzene rings is 2. The van der Waals surface area contributed by atoms with Crippen molar-refractivity contribution in [1.29, 1.82) is 0 Å². The first kappa shape index (κ1) is 22.5. The summed E-state index contributed by atoms with van der Waals surface area (Å²) in [7, 11) is -3.50. The number of amides is 1. The molecular weight excluding hydrogens is 392 g/mol. The van der Waals surface area contributed by atoms with E-state index in [9.17, 15) is 13.2 Å². The molecule has 2 rings (SSSR count). The molecule has 0 fully saturated rings. The summed E-state index contributed by atoms with van der Waals surface area (Å²) in [6, 6.07) is 16.4. The van der Waals surface area contributed by atoms with Gasteiger partial charge in [0, 0.05) is 24.5 Å². The zero-order valence-corrected chi connectivity index (χ0v) is 18.1. The van der Waals surface area contributed by atoms with Gasteiger partial charge in [0.15, 0.2) is 0 Å². The molecule has 0 aliphatic heterocycles. The van der Waals surface area contributed by atoms with Crippen LogP contribution in [0.3, 0.4) is 0 Å². The lowest BCUT2D eigenvalue weighted by molar-refractivity contribution is -0.113. The molecule has 0 radical (unpaired) electrons. The third kappa shape index (κ3) is 6.65. The SMILES string of the molecule is CCCN(CCC)S(=O)(=O)c1ccc(NC(=O)CSCc2ccccc2)cc1. The van der Waals surface area contributed by atoms with E-state index in [2.05, 4.69) is 5.32 Å². The maximum Gasteiger partial charge on any atom is 0.243 e. The van der Waals surface area contributed by atoms with Crippen LogP contribution < -0.4 is 5.32 Å². The topological polar surface area (TPSA) is 66.5 Å². The molecule has 0 aromatic heterocycles. The van der Waals surface area contributed by atoms with E-state index in [1.54, 1.807) is 36.0 Å². The van der Waals surface area contributed by atoms with Crippen LogP contribution >= 0.6 is 11.8 Å². The summed E-state index contributed by atoms with van der Waals surface area (Å²) in [5.74, 6) is 1.02. The van der Waals surface area contributed by atoms with Crippen molar-refractivity contribution in [2.24, 2.45) is 0 Å². The number of thioether (sulfide) groups is 1. The highest BCUT2D eigenvalue weighted by atomic mass is 32.2. The molecular formula is C21H28N2O3S2. The van der Waals surface area contributed by atoms with Crippen LogP contribution in [0.2, 0.25) is 0 Å². The molecule has 0 saturated heterocycles. The summed E-state index contributed by atoms with van der Waals surface area (Å²) in [5, 5.41) is 2.82. The Morgan fingerprint density at radius 2 is 1.57 bits per heavy atom. The van der Waals surface area contributed by atoms with E-state index >= 15 is 0 Å². The number of nitrogens with one attached hydrogen (secondary N) is 1. The number of carbonyl (C=O) groups is 1. The average molecular weight is 421 g/mol. The van der Waals surface area contributed by atoms with Crippen LogP contribution in [-0.2, 0) is 20.6 Å². The lowest BCUT2D eigenvalue weighted by atomic mass is 10.2. The van der Waals surface area contributed by atoms with Crippen LogP contribution in [-0.4, -0.2) is 37.5 Å². The van der Waals surface area contributed by atoms with Crippen molar-refractivity contribution >= 4 is 33.4 Å². The lowest BCUT2D eigenvalue weighted by Crippen LogP contribution is -2.32. The van der Waals surface area contributed by atoms with Gasteiger partial charge in [-0.25, -0.2) is 8.42 Å². The minimum absolute atomic E-state index is 0.102. The van der Waals surface area contributed by atoms with Gasteiger partial charge in [-0.2, -0.15) is 4.31 Å². The zero-order chi connectivity index (χ0) is 20.4. The second-order valence-electron chi connectivity index (χ2n) is 6.46. The highest BCUT2D eigenvalue weighted by Gasteiger charge is 2.22. The predicted octanol–water partition coefficient (Wildman–Crippen LogP) is 4.37. The van der Waals surface area contributed by atoms with Crippen LogP contribution in [0.25, 0.3) is 0 Å². The Hall–Kier alpha value is -1.83. The Morgan fingerprint density at radius 1 is 0.964 bits per heavy atom. The maximum atomic E-state index is 12.8. The molecule has 7 heteroatoms. The standard InChI is InChI=1S/C21H28N2O3S2/c1-3-14-23(15-4-2)28(25,26)20-12-10-19(11-13-20)22-21(24)17-27-16-18-8-6-5-7-9-18/h5-13H,3-4,14-17H2,1-2H3,(H,22,24). The van der Waals surface area contributed by atoms with E-state index in [0.29, 0.717) is 24.5 Å². The number of hydrogen-bond donors (Lipinski definition) is 1. The lowest BCUT2D eigenvalue weighted by Gasteiger charge is -2.21. The Labute approximate surface area is 172 Å². The smallest absolute Gasteiger partial charge is 0.243 e. The van der Waals surface area contributed by atoms with Crippen molar-refractivity contribution in [1.82, 2.24) is 4.31 Å². The summed E-state index contributed by atoms with van der Waals surface area (Å²) in [6.07, 6.45) is 1.54. The van der Waals surface area contributed by atoms with Gasteiger partial charge in [-0.05, 0) is 42.7 Å². The molecule has 152 valence electrons. The fourth-order valence-corrected chi connectivity index (χ4v) is 5.15. The summed E-state index contributed by atoms with van der Waals surface area (Å²) in [4.78, 5) is 12.4. The Bertz CT molecular complexity index is 832. The molecule has 0 aliphatic carbocycles. The molecule has 1 amide bonds. The van der Waals surface area contributed by atoms with Crippen molar-refractivity contribution in [2.75, 3.05) is 24.2 Å². The molecule has 5 nitrogen and oxygen atoms in total. The van der Waals surface area contributed by atoms with Crippen LogP contribution in [0.5, 0.6) is 0 Å². The number of anilines is 1. The van der Waals surface area contributed by atoms with E-state index in [1.165, 1.54) is 9.87 Å². The molecule has 2 aromatic rings. The quantitative estimate of drug-likeness (QED) is 0.586. The number of sulfonamides is 1. The minimum Gasteiger partial charge on any atom is -0.325 e. The number of carbonyl (C=O) groups excluding carboxylic acids is 1. The fourth-order valence-electron chi connectivity index (χ4n) is 2.74. The minimum atomic E-state index is -3.50. The van der Waals surface area contributed by atoms with Crippen LogP contribution in [0.1, 0.15) is 32.3 Å². The van der Waals surface area contributed by atoms with Gasteiger partial charge >= 0.3 is 0 Å². The van der Waals surface area contributed by atoms with Gasteiger partial charge in [0.2, 0.25) is 15.9 Å². The summed E-state index contributed by atoms with van der Waals surface area (Å²) < 4.78 is 27.0. The van der Waals surface area contributed by atoms with Gasteiger partial charge in [0.1, 0.15) is 0 Å². The first-order valence-electron chi connectivity index (χ1n) is 9.49. The van der Waals surface area contributed by atoms with E-state index in [-0.39, 0.29) is 10.8 Å². The predicted molar refractivity (Wildman–Crippen MR) is 117 cm³/mol. The summed E-state index contributed by atoms with van der Waals surface area (Å²) in [5.41, 5.74) is 1.78. The van der Waals surface area contributed by atoms with Crippen molar-refractivity contribution < 1.29 is 13.2 Å². The van der Waals surface area contributed by atoms with Gasteiger partial charge in [0.25, 0.3) is 0 Å². The van der Waals surface area contributed by atoms with Gasteiger partial charge in [-0.1, -0.05) is 44.2 Å². The normalized spacial score (nSPS) is 11.5. The maximum absolute atomic E-state index is 12.8. The molecule has 28 heavy (non-hydrogen) atoms.